The standard InChI is InChI=1S/C12H10FN3O3S/c13-10-2-1-8(4-9(10)12(14)17)15-5-7-3-11(16(18)19)20-6-7/h1-4,6,15H,5H2,(H2,14,17). The van der Waals surface area contributed by atoms with Crippen molar-refractivity contribution in [2.45, 2.75) is 6.54 Å². The molecule has 0 saturated carbocycles. The molecule has 0 aliphatic carbocycles. The summed E-state index contributed by atoms with van der Waals surface area (Å²) in [7, 11) is 0. The number of nitrogens with zero attached hydrogens (tertiary/aromatic N) is 1. The van der Waals surface area contributed by atoms with E-state index in [1.54, 1.807) is 5.38 Å². The van der Waals surface area contributed by atoms with Crippen LogP contribution < -0.4 is 11.1 Å². The van der Waals surface area contributed by atoms with Crippen molar-refractivity contribution < 1.29 is 14.1 Å². The Morgan fingerprint density at radius 1 is 1.45 bits per heavy atom. The maximum Gasteiger partial charge on any atom is 0.324 e. The molecular weight excluding hydrogens is 285 g/mol. The first kappa shape index (κ1) is 13.9. The van der Waals surface area contributed by atoms with E-state index in [4.69, 9.17) is 5.73 Å². The van der Waals surface area contributed by atoms with Gasteiger partial charge in [-0.1, -0.05) is 11.3 Å². The van der Waals surface area contributed by atoms with Crippen molar-refractivity contribution >= 4 is 27.9 Å². The summed E-state index contributed by atoms with van der Waals surface area (Å²) in [6.45, 7) is 0.328. The summed E-state index contributed by atoms with van der Waals surface area (Å²) >= 11 is 1.03. The highest BCUT2D eigenvalue weighted by Crippen LogP contribution is 2.23. The maximum absolute atomic E-state index is 13.3. The summed E-state index contributed by atoms with van der Waals surface area (Å²) in [4.78, 5) is 21.1. The van der Waals surface area contributed by atoms with E-state index in [1.165, 1.54) is 18.2 Å². The molecule has 1 aromatic carbocycles. The fourth-order valence-electron chi connectivity index (χ4n) is 1.58. The first-order chi connectivity index (χ1) is 9.47. The SMILES string of the molecule is NC(=O)c1cc(NCc2csc([N+](=O)[O-])c2)ccc1F. The van der Waals surface area contributed by atoms with Gasteiger partial charge >= 0.3 is 5.00 Å². The highest BCUT2D eigenvalue weighted by atomic mass is 32.1. The van der Waals surface area contributed by atoms with Gasteiger partial charge in [0.15, 0.2) is 0 Å². The Morgan fingerprint density at radius 2 is 2.20 bits per heavy atom. The number of carbonyl (C=O) groups is 1. The average Bonchev–Trinajstić information content (AvgIpc) is 2.86. The fraction of sp³-hybridized carbons (Fsp3) is 0.0833. The molecule has 2 rings (SSSR count). The molecule has 0 spiro atoms. The Kier molecular flexibility index (Phi) is 3.94. The molecule has 0 unspecified atom stereocenters. The smallest absolute Gasteiger partial charge is 0.324 e. The first-order valence-corrected chi connectivity index (χ1v) is 6.40. The molecule has 104 valence electrons. The molecule has 8 heteroatoms. The molecule has 20 heavy (non-hydrogen) atoms. The van der Waals surface area contributed by atoms with Crippen molar-refractivity contribution in [2.24, 2.45) is 5.73 Å². The van der Waals surface area contributed by atoms with Crippen LogP contribution in [0.25, 0.3) is 0 Å². The minimum Gasteiger partial charge on any atom is -0.381 e. The molecule has 0 saturated heterocycles. The quantitative estimate of drug-likeness (QED) is 0.654. The van der Waals surface area contributed by atoms with Crippen LogP contribution in [0, 0.1) is 15.9 Å². The van der Waals surface area contributed by atoms with Gasteiger partial charge in [-0.05, 0) is 23.8 Å². The number of halogens is 1. The number of thiophene rings is 1. The van der Waals surface area contributed by atoms with Crippen LogP contribution in [0.1, 0.15) is 15.9 Å². The number of primary amides is 1. The van der Waals surface area contributed by atoms with E-state index in [9.17, 15) is 19.3 Å². The minimum absolute atomic E-state index is 0.0544. The molecule has 1 amide bonds. The fourth-order valence-corrected chi connectivity index (χ4v) is 2.31. The van der Waals surface area contributed by atoms with Gasteiger partial charge in [0, 0.05) is 23.7 Å². The predicted molar refractivity (Wildman–Crippen MR) is 73.2 cm³/mol. The van der Waals surface area contributed by atoms with Crippen LogP contribution in [-0.2, 0) is 6.54 Å². The van der Waals surface area contributed by atoms with E-state index in [1.807, 2.05) is 0 Å². The lowest BCUT2D eigenvalue weighted by molar-refractivity contribution is -0.380. The molecule has 2 aromatic rings. The molecule has 0 fully saturated rings. The van der Waals surface area contributed by atoms with Crippen LogP contribution in [0.2, 0.25) is 0 Å². The van der Waals surface area contributed by atoms with Gasteiger partial charge in [0.1, 0.15) is 5.82 Å². The molecule has 3 N–H and O–H groups in total. The molecule has 0 aliphatic rings. The number of carbonyl (C=O) groups excluding carboxylic acids is 1. The van der Waals surface area contributed by atoms with E-state index >= 15 is 0 Å². The van der Waals surface area contributed by atoms with Crippen molar-refractivity contribution in [3.8, 4) is 0 Å². The third kappa shape index (κ3) is 3.09. The van der Waals surface area contributed by atoms with E-state index in [0.717, 1.165) is 23.0 Å². The third-order valence-electron chi connectivity index (χ3n) is 2.55. The highest BCUT2D eigenvalue weighted by molar-refractivity contribution is 7.13. The Balaban J connectivity index is 2.08. The first-order valence-electron chi connectivity index (χ1n) is 5.52. The number of anilines is 1. The Labute approximate surface area is 117 Å². The molecule has 0 radical (unpaired) electrons. The summed E-state index contributed by atoms with van der Waals surface area (Å²) in [5.74, 6) is -1.54. The topological polar surface area (TPSA) is 98.3 Å². The van der Waals surface area contributed by atoms with Crippen LogP contribution in [0.15, 0.2) is 29.6 Å². The third-order valence-corrected chi connectivity index (χ3v) is 3.48. The van der Waals surface area contributed by atoms with Crippen molar-refractivity contribution in [1.82, 2.24) is 0 Å². The van der Waals surface area contributed by atoms with Crippen LogP contribution >= 0.6 is 11.3 Å². The number of amides is 1. The van der Waals surface area contributed by atoms with Gasteiger partial charge < -0.3 is 11.1 Å². The molecular formula is C12H10FN3O3S. The zero-order chi connectivity index (χ0) is 14.7. The van der Waals surface area contributed by atoms with E-state index < -0.39 is 16.6 Å². The van der Waals surface area contributed by atoms with Crippen molar-refractivity contribution in [3.05, 3.63) is 56.7 Å². The van der Waals surface area contributed by atoms with Crippen molar-refractivity contribution in [1.29, 1.82) is 0 Å². The summed E-state index contributed by atoms with van der Waals surface area (Å²) in [5.41, 5.74) is 6.08. The van der Waals surface area contributed by atoms with E-state index in [-0.39, 0.29) is 10.6 Å². The second kappa shape index (κ2) is 5.66. The second-order valence-electron chi connectivity index (χ2n) is 3.96. The Hall–Kier alpha value is -2.48. The van der Waals surface area contributed by atoms with Gasteiger partial charge in [-0.3, -0.25) is 14.9 Å². The number of nitrogens with one attached hydrogen (secondary N) is 1. The highest BCUT2D eigenvalue weighted by Gasteiger charge is 2.11. The Morgan fingerprint density at radius 3 is 2.80 bits per heavy atom. The number of nitrogens with two attached hydrogens (primary N) is 1. The monoisotopic (exact) mass is 295 g/mol. The molecule has 0 bridgehead atoms. The van der Waals surface area contributed by atoms with Crippen LogP contribution in [0.3, 0.4) is 0 Å². The van der Waals surface area contributed by atoms with Gasteiger partial charge in [-0.2, -0.15) is 0 Å². The van der Waals surface area contributed by atoms with Gasteiger partial charge in [0.2, 0.25) is 0 Å². The van der Waals surface area contributed by atoms with Crippen molar-refractivity contribution in [3.63, 3.8) is 0 Å². The summed E-state index contributed by atoms with van der Waals surface area (Å²) in [5, 5.41) is 15.2. The van der Waals surface area contributed by atoms with Gasteiger partial charge in [-0.15, -0.1) is 0 Å². The van der Waals surface area contributed by atoms with E-state index in [2.05, 4.69) is 5.32 Å². The molecule has 1 heterocycles. The zero-order valence-corrected chi connectivity index (χ0v) is 10.9. The molecule has 6 nitrogen and oxygen atoms in total. The summed E-state index contributed by atoms with van der Waals surface area (Å²) < 4.78 is 13.3. The average molecular weight is 295 g/mol. The lowest BCUT2D eigenvalue weighted by Crippen LogP contribution is -2.13. The number of hydrogen-bond acceptors (Lipinski definition) is 5. The molecule has 1 aromatic heterocycles. The van der Waals surface area contributed by atoms with Gasteiger partial charge in [0.05, 0.1) is 10.5 Å². The number of rotatable bonds is 5. The van der Waals surface area contributed by atoms with Crippen LogP contribution in [0.5, 0.6) is 0 Å². The van der Waals surface area contributed by atoms with Gasteiger partial charge in [0.25, 0.3) is 5.91 Å². The van der Waals surface area contributed by atoms with Crippen LogP contribution in [0.4, 0.5) is 15.1 Å². The predicted octanol–water partition coefficient (Wildman–Crippen LogP) is 2.51. The minimum atomic E-state index is -0.850. The summed E-state index contributed by atoms with van der Waals surface area (Å²) in [6.07, 6.45) is 0. The summed E-state index contributed by atoms with van der Waals surface area (Å²) in [6, 6.07) is 5.36. The maximum atomic E-state index is 13.3. The van der Waals surface area contributed by atoms with Crippen LogP contribution in [-0.4, -0.2) is 10.8 Å². The zero-order valence-electron chi connectivity index (χ0n) is 10.1. The largest absolute Gasteiger partial charge is 0.381 e. The lowest BCUT2D eigenvalue weighted by Gasteiger charge is -2.06. The second-order valence-corrected chi connectivity index (χ2v) is 4.85. The van der Waals surface area contributed by atoms with Gasteiger partial charge in [-0.25, -0.2) is 4.39 Å². The number of nitro groups is 1. The number of hydrogen-bond donors (Lipinski definition) is 2. The Bertz CT molecular complexity index is 672. The normalized spacial score (nSPS) is 10.2. The van der Waals surface area contributed by atoms with Crippen molar-refractivity contribution in [2.75, 3.05) is 5.32 Å². The molecule has 0 atom stereocenters. The number of benzene rings is 1. The molecule has 0 aliphatic heterocycles. The lowest BCUT2D eigenvalue weighted by atomic mass is 10.1. The van der Waals surface area contributed by atoms with E-state index in [0.29, 0.717) is 12.2 Å².